The van der Waals surface area contributed by atoms with Gasteiger partial charge >= 0.3 is 6.03 Å². The van der Waals surface area contributed by atoms with Gasteiger partial charge in [-0.05, 0) is 24.3 Å². The summed E-state index contributed by atoms with van der Waals surface area (Å²) in [7, 11) is 0. The number of hydrogen-bond donors (Lipinski definition) is 2. The number of aromatic nitrogens is 1. The van der Waals surface area contributed by atoms with Gasteiger partial charge in [0.1, 0.15) is 0 Å². The zero-order chi connectivity index (χ0) is 19.7. The number of nitrogens with one attached hydrogen (secondary N) is 1. The molecular formula is C21H25ClN4O2. The SMILES string of the molecule is NC(=O)c1c(Cl)c(-c2ccccc2)n2c1CN(C(=O)NCC1CCCC1)CC2. The molecule has 0 saturated heterocycles. The number of carbonyl (C=O) groups excluding carboxylic acids is 2. The van der Waals surface area contributed by atoms with Crippen molar-refractivity contribution in [1.82, 2.24) is 14.8 Å². The lowest BCUT2D eigenvalue weighted by Crippen LogP contribution is -2.45. The Balaban J connectivity index is 1.59. The summed E-state index contributed by atoms with van der Waals surface area (Å²) in [4.78, 5) is 26.5. The number of nitrogens with zero attached hydrogens (tertiary/aromatic N) is 2. The van der Waals surface area contributed by atoms with E-state index >= 15 is 0 Å². The summed E-state index contributed by atoms with van der Waals surface area (Å²) in [6, 6.07) is 9.62. The molecule has 3 amide bonds. The highest BCUT2D eigenvalue weighted by Gasteiger charge is 2.31. The number of amides is 3. The number of fused-ring (bicyclic) bond motifs is 1. The van der Waals surface area contributed by atoms with Gasteiger partial charge in [-0.3, -0.25) is 4.79 Å². The van der Waals surface area contributed by atoms with E-state index in [1.165, 1.54) is 25.7 Å². The Morgan fingerprint density at radius 1 is 1.14 bits per heavy atom. The molecule has 4 rings (SSSR count). The molecule has 7 heteroatoms. The fourth-order valence-electron chi connectivity index (χ4n) is 4.39. The minimum atomic E-state index is -0.566. The fourth-order valence-corrected chi connectivity index (χ4v) is 4.80. The minimum Gasteiger partial charge on any atom is -0.365 e. The first kappa shape index (κ1) is 18.9. The standard InChI is InChI=1S/C21H25ClN4O2/c22-18-17(20(23)27)16-13-25(21(28)24-12-14-6-4-5-7-14)10-11-26(16)19(18)15-8-2-1-3-9-15/h1-3,8-9,14H,4-7,10-13H2,(H2,23,27)(H,24,28). The predicted molar refractivity (Wildman–Crippen MR) is 109 cm³/mol. The number of primary amides is 1. The van der Waals surface area contributed by atoms with Gasteiger partial charge in [0.15, 0.2) is 0 Å². The van der Waals surface area contributed by atoms with E-state index in [9.17, 15) is 9.59 Å². The van der Waals surface area contributed by atoms with Crippen LogP contribution in [0.2, 0.25) is 5.02 Å². The van der Waals surface area contributed by atoms with Gasteiger partial charge in [-0.1, -0.05) is 54.8 Å². The third kappa shape index (κ3) is 3.49. The van der Waals surface area contributed by atoms with Gasteiger partial charge < -0.3 is 20.5 Å². The quantitative estimate of drug-likeness (QED) is 0.821. The van der Waals surface area contributed by atoms with E-state index in [2.05, 4.69) is 5.32 Å². The maximum Gasteiger partial charge on any atom is 0.317 e. The minimum absolute atomic E-state index is 0.0906. The maximum atomic E-state index is 12.7. The first-order chi connectivity index (χ1) is 13.6. The van der Waals surface area contributed by atoms with E-state index in [1.54, 1.807) is 4.90 Å². The first-order valence-corrected chi connectivity index (χ1v) is 10.2. The average Bonchev–Trinajstić information content (AvgIpc) is 3.31. The summed E-state index contributed by atoms with van der Waals surface area (Å²) in [5.41, 5.74) is 8.38. The Labute approximate surface area is 169 Å². The molecule has 2 aliphatic rings. The van der Waals surface area contributed by atoms with Crippen molar-refractivity contribution in [2.75, 3.05) is 13.1 Å². The molecular weight excluding hydrogens is 376 g/mol. The van der Waals surface area contributed by atoms with Crippen LogP contribution in [0.25, 0.3) is 11.3 Å². The van der Waals surface area contributed by atoms with Gasteiger partial charge in [0.2, 0.25) is 0 Å². The maximum absolute atomic E-state index is 12.7. The van der Waals surface area contributed by atoms with Crippen molar-refractivity contribution >= 4 is 23.5 Å². The van der Waals surface area contributed by atoms with Crippen molar-refractivity contribution < 1.29 is 9.59 Å². The zero-order valence-electron chi connectivity index (χ0n) is 15.8. The third-order valence-corrected chi connectivity index (χ3v) is 6.21. The van der Waals surface area contributed by atoms with Crippen LogP contribution >= 0.6 is 11.6 Å². The number of halogens is 1. The molecule has 0 spiro atoms. The Morgan fingerprint density at radius 3 is 2.54 bits per heavy atom. The summed E-state index contributed by atoms with van der Waals surface area (Å²) in [5.74, 6) is 0.0158. The Bertz CT molecular complexity index is 888. The van der Waals surface area contributed by atoms with E-state index in [0.717, 1.165) is 17.8 Å². The van der Waals surface area contributed by atoms with Gasteiger partial charge in [-0.15, -0.1) is 0 Å². The van der Waals surface area contributed by atoms with E-state index in [1.807, 2.05) is 34.9 Å². The normalized spacial score (nSPS) is 16.8. The molecule has 148 valence electrons. The molecule has 28 heavy (non-hydrogen) atoms. The molecule has 0 radical (unpaired) electrons. The Kier molecular flexibility index (Phi) is 5.31. The van der Waals surface area contributed by atoms with Gasteiger partial charge in [-0.25, -0.2) is 4.79 Å². The number of rotatable bonds is 4. The molecule has 1 aromatic heterocycles. The second-order valence-electron chi connectivity index (χ2n) is 7.62. The van der Waals surface area contributed by atoms with Crippen LogP contribution in [0.1, 0.15) is 41.7 Å². The highest BCUT2D eigenvalue weighted by Crippen LogP contribution is 2.37. The number of carbonyl (C=O) groups is 2. The predicted octanol–water partition coefficient (Wildman–Crippen LogP) is 3.62. The molecule has 1 aromatic carbocycles. The largest absolute Gasteiger partial charge is 0.365 e. The van der Waals surface area contributed by atoms with Crippen molar-refractivity contribution in [2.24, 2.45) is 11.7 Å². The fraction of sp³-hybridized carbons (Fsp3) is 0.429. The molecule has 1 aliphatic heterocycles. The molecule has 6 nitrogen and oxygen atoms in total. The van der Waals surface area contributed by atoms with Crippen LogP contribution in [-0.2, 0) is 13.1 Å². The molecule has 0 bridgehead atoms. The molecule has 0 unspecified atom stereocenters. The second kappa shape index (κ2) is 7.87. The molecule has 0 atom stereocenters. The van der Waals surface area contributed by atoms with E-state index in [4.69, 9.17) is 17.3 Å². The van der Waals surface area contributed by atoms with Crippen molar-refractivity contribution in [2.45, 2.75) is 38.8 Å². The zero-order valence-corrected chi connectivity index (χ0v) is 16.5. The van der Waals surface area contributed by atoms with Crippen molar-refractivity contribution in [3.63, 3.8) is 0 Å². The molecule has 1 aliphatic carbocycles. The topological polar surface area (TPSA) is 80.4 Å². The van der Waals surface area contributed by atoms with Gasteiger partial charge in [0, 0.05) is 19.6 Å². The first-order valence-electron chi connectivity index (χ1n) is 9.85. The third-order valence-electron chi connectivity index (χ3n) is 5.84. The van der Waals surface area contributed by atoms with Crippen LogP contribution in [0, 0.1) is 5.92 Å². The van der Waals surface area contributed by atoms with E-state index in [-0.39, 0.29) is 6.03 Å². The highest BCUT2D eigenvalue weighted by molar-refractivity contribution is 6.36. The molecule has 1 saturated carbocycles. The van der Waals surface area contributed by atoms with Crippen molar-refractivity contribution in [1.29, 1.82) is 0 Å². The van der Waals surface area contributed by atoms with Gasteiger partial charge in [0.25, 0.3) is 5.91 Å². The lowest BCUT2D eigenvalue weighted by atomic mass is 10.1. The van der Waals surface area contributed by atoms with Crippen molar-refractivity contribution in [3.05, 3.63) is 46.6 Å². The summed E-state index contributed by atoms with van der Waals surface area (Å²) in [6.45, 7) is 2.17. The van der Waals surface area contributed by atoms with Crippen LogP contribution in [0.3, 0.4) is 0 Å². The van der Waals surface area contributed by atoms with E-state index in [0.29, 0.717) is 41.8 Å². The molecule has 2 heterocycles. The van der Waals surface area contributed by atoms with Crippen LogP contribution in [0.5, 0.6) is 0 Å². The van der Waals surface area contributed by atoms with Crippen LogP contribution in [0.15, 0.2) is 30.3 Å². The second-order valence-corrected chi connectivity index (χ2v) is 8.00. The van der Waals surface area contributed by atoms with Crippen LogP contribution in [-0.4, -0.2) is 34.5 Å². The summed E-state index contributed by atoms with van der Waals surface area (Å²) < 4.78 is 2.03. The molecule has 3 N–H and O–H groups in total. The monoisotopic (exact) mass is 400 g/mol. The Hall–Kier alpha value is -2.47. The summed E-state index contributed by atoms with van der Waals surface area (Å²) >= 11 is 6.58. The summed E-state index contributed by atoms with van der Waals surface area (Å²) in [5, 5.41) is 3.42. The highest BCUT2D eigenvalue weighted by atomic mass is 35.5. The number of urea groups is 1. The number of nitrogens with two attached hydrogens (primary N) is 1. The summed E-state index contributed by atoms with van der Waals surface area (Å²) in [6.07, 6.45) is 4.87. The lowest BCUT2D eigenvalue weighted by Gasteiger charge is -2.30. The lowest BCUT2D eigenvalue weighted by molar-refractivity contribution is 0.0997. The average molecular weight is 401 g/mol. The Morgan fingerprint density at radius 2 is 1.86 bits per heavy atom. The van der Waals surface area contributed by atoms with Gasteiger partial charge in [-0.2, -0.15) is 0 Å². The van der Waals surface area contributed by atoms with Crippen LogP contribution in [0.4, 0.5) is 4.79 Å². The van der Waals surface area contributed by atoms with Gasteiger partial charge in [0.05, 0.1) is 28.5 Å². The number of hydrogen-bond acceptors (Lipinski definition) is 2. The smallest absolute Gasteiger partial charge is 0.317 e. The van der Waals surface area contributed by atoms with Crippen molar-refractivity contribution in [3.8, 4) is 11.3 Å². The van der Waals surface area contributed by atoms with E-state index < -0.39 is 5.91 Å². The van der Waals surface area contributed by atoms with Crippen LogP contribution < -0.4 is 11.1 Å². The number of benzene rings is 1. The molecule has 1 fully saturated rings. The molecule has 2 aromatic rings.